The van der Waals surface area contributed by atoms with Gasteiger partial charge in [0.1, 0.15) is 49.3 Å². The molecule has 8 N–H and O–H groups in total. The largest absolute Gasteiger partial charge is 0.394 e. The first kappa shape index (κ1) is 18.9. The third-order valence-electron chi connectivity index (χ3n) is 4.07. The highest BCUT2D eigenvalue weighted by molar-refractivity contribution is 4.98. The number of hydrogen-bond acceptors (Lipinski definition) is 11. The fraction of sp³-hybridized carbons (Fsp3) is 1.00. The average molecular weight is 342 g/mol. The van der Waals surface area contributed by atoms with Gasteiger partial charge in [-0.2, -0.15) is 0 Å². The summed E-state index contributed by atoms with van der Waals surface area (Å²) in [4.78, 5) is 0. The van der Waals surface area contributed by atoms with E-state index in [9.17, 15) is 30.6 Å². The maximum Gasteiger partial charge on any atom is 0.224 e. The van der Waals surface area contributed by atoms with Crippen molar-refractivity contribution < 1.29 is 55.1 Å². The molecule has 0 bridgehead atoms. The van der Waals surface area contributed by atoms with E-state index in [0.717, 1.165) is 0 Å². The van der Waals surface area contributed by atoms with Crippen LogP contribution in [-0.2, 0) is 14.2 Å². The average Bonchev–Trinajstić information content (AvgIpc) is 2.80. The van der Waals surface area contributed by atoms with Gasteiger partial charge in [-0.15, -0.1) is 0 Å². The van der Waals surface area contributed by atoms with Crippen LogP contribution in [0.2, 0.25) is 0 Å². The standard InChI is InChI=1S/C12H22O11/c13-1-4-6(16)8(18)9(19)11(21-4)23-12(3-15)10(20)7(17)5(2-14)22-12/h4-11,13-20H,1-3H2/t4-,5-,6-,7-,8+,9-,10-,11?,12+/m1/s1. The van der Waals surface area contributed by atoms with Crippen LogP contribution in [0.15, 0.2) is 0 Å². The Bertz CT molecular complexity index is 393. The highest BCUT2D eigenvalue weighted by Crippen LogP contribution is 2.35. The minimum atomic E-state index is -2.22. The van der Waals surface area contributed by atoms with E-state index in [4.69, 9.17) is 24.4 Å². The SMILES string of the molecule is OC[C@H]1OC(O[C@]2(CO)O[C@H](CO)[C@@H](O)[C@H]2O)[C@H](O)[C@@H](O)[C@@H]1O. The van der Waals surface area contributed by atoms with E-state index in [1.54, 1.807) is 0 Å². The van der Waals surface area contributed by atoms with Gasteiger partial charge in [-0.05, 0) is 0 Å². The highest BCUT2D eigenvalue weighted by atomic mass is 16.8. The van der Waals surface area contributed by atoms with Crippen molar-refractivity contribution in [1.29, 1.82) is 0 Å². The fourth-order valence-corrected chi connectivity index (χ4v) is 2.63. The van der Waals surface area contributed by atoms with Gasteiger partial charge < -0.3 is 55.1 Å². The third-order valence-corrected chi connectivity index (χ3v) is 4.07. The third kappa shape index (κ3) is 3.23. The van der Waals surface area contributed by atoms with E-state index in [-0.39, 0.29) is 0 Å². The van der Waals surface area contributed by atoms with Crippen LogP contribution in [0.3, 0.4) is 0 Å². The minimum Gasteiger partial charge on any atom is -0.394 e. The summed E-state index contributed by atoms with van der Waals surface area (Å²) in [6.07, 6.45) is -12.7. The molecule has 9 atom stereocenters. The van der Waals surface area contributed by atoms with Gasteiger partial charge in [-0.25, -0.2) is 0 Å². The highest BCUT2D eigenvalue weighted by Gasteiger charge is 2.58. The maximum absolute atomic E-state index is 10.00. The fourth-order valence-electron chi connectivity index (χ4n) is 2.63. The molecule has 0 aromatic rings. The Kier molecular flexibility index (Phi) is 5.92. The summed E-state index contributed by atoms with van der Waals surface area (Å²) >= 11 is 0. The Morgan fingerprint density at radius 3 is 1.87 bits per heavy atom. The van der Waals surface area contributed by atoms with Crippen LogP contribution in [0.5, 0.6) is 0 Å². The molecule has 0 radical (unpaired) electrons. The van der Waals surface area contributed by atoms with Gasteiger partial charge in [-0.1, -0.05) is 0 Å². The number of aliphatic hydroxyl groups is 8. The molecule has 11 heteroatoms. The van der Waals surface area contributed by atoms with Gasteiger partial charge in [0, 0.05) is 0 Å². The Balaban J connectivity index is 2.18. The summed E-state index contributed by atoms with van der Waals surface area (Å²) in [5, 5.41) is 76.7. The quantitative estimate of drug-likeness (QED) is 0.238. The molecule has 0 aromatic heterocycles. The Labute approximate surface area is 130 Å². The second-order valence-corrected chi connectivity index (χ2v) is 5.56. The van der Waals surface area contributed by atoms with E-state index in [0.29, 0.717) is 0 Å². The molecule has 2 rings (SSSR count). The van der Waals surface area contributed by atoms with Gasteiger partial charge in [-0.3, -0.25) is 0 Å². The molecule has 23 heavy (non-hydrogen) atoms. The molecule has 2 aliphatic rings. The second-order valence-electron chi connectivity index (χ2n) is 5.56. The van der Waals surface area contributed by atoms with Gasteiger partial charge in [0.05, 0.1) is 13.2 Å². The number of aliphatic hydroxyl groups excluding tert-OH is 8. The van der Waals surface area contributed by atoms with Crippen molar-refractivity contribution in [3.63, 3.8) is 0 Å². The van der Waals surface area contributed by atoms with Crippen molar-refractivity contribution in [1.82, 2.24) is 0 Å². The molecule has 0 amide bonds. The molecular formula is C12H22O11. The predicted molar refractivity (Wildman–Crippen MR) is 68.6 cm³/mol. The molecule has 2 saturated heterocycles. The molecule has 0 spiro atoms. The molecule has 1 unspecified atom stereocenters. The first-order valence-electron chi connectivity index (χ1n) is 7.05. The smallest absolute Gasteiger partial charge is 0.224 e. The first-order chi connectivity index (χ1) is 10.8. The van der Waals surface area contributed by atoms with E-state index < -0.39 is 74.6 Å². The van der Waals surface area contributed by atoms with Crippen LogP contribution in [0.4, 0.5) is 0 Å². The van der Waals surface area contributed by atoms with Crippen molar-refractivity contribution in [2.24, 2.45) is 0 Å². The maximum atomic E-state index is 10.00. The van der Waals surface area contributed by atoms with Crippen LogP contribution >= 0.6 is 0 Å². The molecule has 11 nitrogen and oxygen atoms in total. The van der Waals surface area contributed by atoms with E-state index in [1.165, 1.54) is 0 Å². The van der Waals surface area contributed by atoms with Crippen molar-refractivity contribution >= 4 is 0 Å². The molecule has 0 saturated carbocycles. The summed E-state index contributed by atoms with van der Waals surface area (Å²) in [5.74, 6) is -2.22. The van der Waals surface area contributed by atoms with E-state index >= 15 is 0 Å². The first-order valence-corrected chi connectivity index (χ1v) is 7.05. The number of ether oxygens (including phenoxy) is 3. The molecule has 0 aliphatic carbocycles. The topological polar surface area (TPSA) is 190 Å². The summed E-state index contributed by atoms with van der Waals surface area (Å²) in [6.45, 7) is -2.32. The lowest BCUT2D eigenvalue weighted by Crippen LogP contribution is -2.62. The normalized spacial score (nSPS) is 51.1. The Morgan fingerprint density at radius 1 is 0.783 bits per heavy atom. The lowest BCUT2D eigenvalue weighted by Gasteiger charge is -2.43. The van der Waals surface area contributed by atoms with Crippen LogP contribution in [0.25, 0.3) is 0 Å². The van der Waals surface area contributed by atoms with Crippen LogP contribution in [-0.4, -0.2) is 115 Å². The molecule has 2 heterocycles. The van der Waals surface area contributed by atoms with Gasteiger partial charge >= 0.3 is 0 Å². The minimum absolute atomic E-state index is 0.669. The molecule has 2 fully saturated rings. The molecule has 2 aliphatic heterocycles. The Hall–Kier alpha value is -0.440. The second kappa shape index (κ2) is 7.21. The number of rotatable bonds is 5. The van der Waals surface area contributed by atoms with E-state index in [1.807, 2.05) is 0 Å². The Morgan fingerprint density at radius 2 is 1.39 bits per heavy atom. The van der Waals surface area contributed by atoms with Gasteiger partial charge in [0.2, 0.25) is 5.79 Å². The monoisotopic (exact) mass is 342 g/mol. The van der Waals surface area contributed by atoms with Gasteiger partial charge in [0.15, 0.2) is 6.29 Å². The van der Waals surface area contributed by atoms with E-state index in [2.05, 4.69) is 0 Å². The van der Waals surface area contributed by atoms with Gasteiger partial charge in [0.25, 0.3) is 0 Å². The predicted octanol–water partition coefficient (Wildman–Crippen LogP) is -5.40. The van der Waals surface area contributed by atoms with Crippen molar-refractivity contribution in [2.45, 2.75) is 54.8 Å². The lowest BCUT2D eigenvalue weighted by molar-refractivity contribution is -0.383. The lowest BCUT2D eigenvalue weighted by atomic mass is 9.99. The summed E-state index contributed by atoms with van der Waals surface area (Å²) in [5.41, 5.74) is 0. The zero-order chi connectivity index (χ0) is 17.4. The summed E-state index contributed by atoms with van der Waals surface area (Å²) < 4.78 is 15.4. The molecule has 136 valence electrons. The van der Waals surface area contributed by atoms with Crippen molar-refractivity contribution in [3.8, 4) is 0 Å². The number of hydrogen-bond donors (Lipinski definition) is 8. The van der Waals surface area contributed by atoms with Crippen LogP contribution in [0.1, 0.15) is 0 Å². The van der Waals surface area contributed by atoms with Crippen molar-refractivity contribution in [3.05, 3.63) is 0 Å². The summed E-state index contributed by atoms with van der Waals surface area (Å²) in [7, 11) is 0. The molecular weight excluding hydrogens is 320 g/mol. The zero-order valence-electron chi connectivity index (χ0n) is 12.0. The van der Waals surface area contributed by atoms with Crippen LogP contribution < -0.4 is 0 Å². The zero-order valence-corrected chi connectivity index (χ0v) is 12.0. The van der Waals surface area contributed by atoms with Crippen LogP contribution in [0, 0.1) is 0 Å². The summed E-state index contributed by atoms with van der Waals surface area (Å²) in [6, 6.07) is 0. The van der Waals surface area contributed by atoms with Crippen molar-refractivity contribution in [2.75, 3.05) is 19.8 Å². The molecule has 0 aromatic carbocycles.